The molecule has 0 aliphatic carbocycles. The fraction of sp³-hybridized carbons (Fsp3) is 0.235. The minimum Gasteiger partial charge on any atom is -0.339 e. The molecular formula is C17H17ClN2O3. The van der Waals surface area contributed by atoms with Crippen LogP contribution in [0.2, 0.25) is 5.02 Å². The van der Waals surface area contributed by atoms with Crippen LogP contribution in [0.25, 0.3) is 0 Å². The van der Waals surface area contributed by atoms with Gasteiger partial charge in [-0.15, -0.1) is 0 Å². The van der Waals surface area contributed by atoms with Gasteiger partial charge in [-0.3, -0.25) is 14.9 Å². The Morgan fingerprint density at radius 2 is 1.74 bits per heavy atom. The molecule has 0 heterocycles. The van der Waals surface area contributed by atoms with Crippen LogP contribution in [0.3, 0.4) is 0 Å². The average molecular weight is 333 g/mol. The zero-order valence-corrected chi connectivity index (χ0v) is 13.7. The van der Waals surface area contributed by atoms with E-state index in [2.05, 4.69) is 0 Å². The summed E-state index contributed by atoms with van der Waals surface area (Å²) in [6.45, 7) is 1.94. The van der Waals surface area contributed by atoms with Crippen molar-refractivity contribution in [3.63, 3.8) is 0 Å². The van der Waals surface area contributed by atoms with Crippen molar-refractivity contribution in [2.24, 2.45) is 0 Å². The molecule has 2 aromatic carbocycles. The predicted octanol–water partition coefficient (Wildman–Crippen LogP) is 4.01. The third kappa shape index (κ3) is 4.29. The number of benzene rings is 2. The molecule has 0 fully saturated rings. The number of carbonyl (C=O) groups excluding carboxylic acids is 1. The Labute approximate surface area is 139 Å². The van der Waals surface area contributed by atoms with Crippen molar-refractivity contribution < 1.29 is 9.72 Å². The number of nitro groups is 1. The summed E-state index contributed by atoms with van der Waals surface area (Å²) in [4.78, 5) is 24.2. The second-order valence-electron chi connectivity index (χ2n) is 5.33. The number of nitrogens with zero attached hydrogens (tertiary/aromatic N) is 2. The third-order valence-corrected chi connectivity index (χ3v) is 4.08. The van der Waals surface area contributed by atoms with Crippen LogP contribution in [0.15, 0.2) is 48.5 Å². The molecule has 1 atom stereocenters. The van der Waals surface area contributed by atoms with E-state index in [-0.39, 0.29) is 24.1 Å². The topological polar surface area (TPSA) is 63.5 Å². The van der Waals surface area contributed by atoms with Crippen LogP contribution in [0.1, 0.15) is 24.1 Å². The van der Waals surface area contributed by atoms with Gasteiger partial charge in [0.2, 0.25) is 5.91 Å². The first-order valence-electron chi connectivity index (χ1n) is 7.13. The highest BCUT2D eigenvalue weighted by Gasteiger charge is 2.18. The average Bonchev–Trinajstić information content (AvgIpc) is 2.54. The maximum Gasteiger partial charge on any atom is 0.269 e. The highest BCUT2D eigenvalue weighted by molar-refractivity contribution is 6.30. The SMILES string of the molecule is CC(c1ccc(Cl)cc1)N(C)C(=O)Cc1ccc([N+](=O)[O-])cc1. The van der Waals surface area contributed by atoms with Gasteiger partial charge in [-0.05, 0) is 30.2 Å². The first kappa shape index (κ1) is 17.0. The van der Waals surface area contributed by atoms with Crippen LogP contribution in [0.4, 0.5) is 5.69 Å². The zero-order valence-electron chi connectivity index (χ0n) is 12.9. The summed E-state index contributed by atoms with van der Waals surface area (Å²) in [6.07, 6.45) is 0.201. The van der Waals surface area contributed by atoms with E-state index in [0.717, 1.165) is 11.1 Å². The molecule has 5 nitrogen and oxygen atoms in total. The Kier molecular flexibility index (Phi) is 5.34. The maximum atomic E-state index is 12.4. The number of amides is 1. The molecule has 0 saturated carbocycles. The van der Waals surface area contributed by atoms with Gasteiger partial charge in [0.15, 0.2) is 0 Å². The van der Waals surface area contributed by atoms with Gasteiger partial charge in [-0.2, -0.15) is 0 Å². The molecule has 0 radical (unpaired) electrons. The van der Waals surface area contributed by atoms with Crippen LogP contribution >= 0.6 is 11.6 Å². The molecule has 1 amide bonds. The monoisotopic (exact) mass is 332 g/mol. The van der Waals surface area contributed by atoms with E-state index < -0.39 is 4.92 Å². The molecule has 23 heavy (non-hydrogen) atoms. The molecule has 2 rings (SSSR count). The number of carbonyl (C=O) groups is 1. The lowest BCUT2D eigenvalue weighted by molar-refractivity contribution is -0.384. The first-order valence-corrected chi connectivity index (χ1v) is 7.50. The summed E-state index contributed by atoms with van der Waals surface area (Å²) in [7, 11) is 1.74. The standard InChI is InChI=1S/C17H17ClN2O3/c1-12(14-5-7-15(18)8-6-14)19(2)17(21)11-13-3-9-16(10-4-13)20(22)23/h3-10,12H,11H2,1-2H3. The summed E-state index contributed by atoms with van der Waals surface area (Å²) in [6, 6.07) is 13.3. The van der Waals surface area contributed by atoms with Crippen molar-refractivity contribution >= 4 is 23.2 Å². The Balaban J connectivity index is 2.04. The normalized spacial score (nSPS) is 11.8. The van der Waals surface area contributed by atoms with E-state index in [1.807, 2.05) is 19.1 Å². The van der Waals surface area contributed by atoms with E-state index in [1.165, 1.54) is 12.1 Å². The largest absolute Gasteiger partial charge is 0.339 e. The summed E-state index contributed by atoms with van der Waals surface area (Å²) >= 11 is 5.87. The number of rotatable bonds is 5. The highest BCUT2D eigenvalue weighted by atomic mass is 35.5. The van der Waals surface area contributed by atoms with Gasteiger partial charge in [-0.25, -0.2) is 0 Å². The Bertz CT molecular complexity index is 699. The third-order valence-electron chi connectivity index (χ3n) is 3.83. The Hall–Kier alpha value is -2.40. The molecule has 1 unspecified atom stereocenters. The number of hydrogen-bond donors (Lipinski definition) is 0. The molecule has 2 aromatic rings. The molecule has 6 heteroatoms. The van der Waals surface area contributed by atoms with Crippen LogP contribution < -0.4 is 0 Å². The molecule has 0 aromatic heterocycles. The van der Waals surface area contributed by atoms with Gasteiger partial charge < -0.3 is 4.90 Å². The quantitative estimate of drug-likeness (QED) is 0.614. The molecule has 120 valence electrons. The van der Waals surface area contributed by atoms with Gasteiger partial charge in [0.1, 0.15) is 0 Å². The lowest BCUT2D eigenvalue weighted by Crippen LogP contribution is -2.30. The molecule has 0 aliphatic rings. The summed E-state index contributed by atoms with van der Waals surface area (Å²) in [5.74, 6) is -0.0543. The predicted molar refractivity (Wildman–Crippen MR) is 89.4 cm³/mol. The fourth-order valence-electron chi connectivity index (χ4n) is 2.22. The van der Waals surface area contributed by atoms with Crippen LogP contribution in [-0.4, -0.2) is 22.8 Å². The molecular weight excluding hydrogens is 316 g/mol. The number of nitro benzene ring substituents is 1. The smallest absolute Gasteiger partial charge is 0.269 e. The maximum absolute atomic E-state index is 12.4. The molecule has 0 spiro atoms. The lowest BCUT2D eigenvalue weighted by atomic mass is 10.1. The van der Waals surface area contributed by atoms with Crippen molar-refractivity contribution in [1.29, 1.82) is 0 Å². The van der Waals surface area contributed by atoms with Crippen LogP contribution in [0, 0.1) is 10.1 Å². The second kappa shape index (κ2) is 7.24. The summed E-state index contributed by atoms with van der Waals surface area (Å²) < 4.78 is 0. The number of hydrogen-bond acceptors (Lipinski definition) is 3. The fourth-order valence-corrected chi connectivity index (χ4v) is 2.34. The van der Waals surface area contributed by atoms with Crippen LogP contribution in [-0.2, 0) is 11.2 Å². The number of non-ortho nitro benzene ring substituents is 1. The molecule has 0 saturated heterocycles. The summed E-state index contributed by atoms with van der Waals surface area (Å²) in [5, 5.41) is 11.3. The molecule has 0 N–H and O–H groups in total. The summed E-state index contributed by atoms with van der Waals surface area (Å²) in [5.41, 5.74) is 1.76. The van der Waals surface area contributed by atoms with Crippen LogP contribution in [0.5, 0.6) is 0 Å². The van der Waals surface area contributed by atoms with E-state index in [0.29, 0.717) is 5.02 Å². The Morgan fingerprint density at radius 3 is 2.26 bits per heavy atom. The van der Waals surface area contributed by atoms with Gasteiger partial charge in [0.05, 0.1) is 17.4 Å². The minimum absolute atomic E-state index is 0.0177. The van der Waals surface area contributed by atoms with Gasteiger partial charge in [0.25, 0.3) is 5.69 Å². The second-order valence-corrected chi connectivity index (χ2v) is 5.77. The minimum atomic E-state index is -0.458. The van der Waals surface area contributed by atoms with Crippen molar-refractivity contribution in [2.45, 2.75) is 19.4 Å². The highest BCUT2D eigenvalue weighted by Crippen LogP contribution is 2.22. The molecule has 0 aliphatic heterocycles. The van der Waals surface area contributed by atoms with Crippen molar-refractivity contribution in [1.82, 2.24) is 4.90 Å². The zero-order chi connectivity index (χ0) is 17.0. The Morgan fingerprint density at radius 1 is 1.17 bits per heavy atom. The number of halogens is 1. The van der Waals surface area contributed by atoms with Gasteiger partial charge in [0, 0.05) is 24.2 Å². The van der Waals surface area contributed by atoms with E-state index in [1.54, 1.807) is 36.2 Å². The van der Waals surface area contributed by atoms with E-state index in [4.69, 9.17) is 11.6 Å². The van der Waals surface area contributed by atoms with E-state index >= 15 is 0 Å². The lowest BCUT2D eigenvalue weighted by Gasteiger charge is -2.25. The first-order chi connectivity index (χ1) is 10.9. The van der Waals surface area contributed by atoms with Crippen molar-refractivity contribution in [3.8, 4) is 0 Å². The van der Waals surface area contributed by atoms with E-state index in [9.17, 15) is 14.9 Å². The number of likely N-dealkylation sites (N-methyl/N-ethyl adjacent to an activating group) is 1. The molecule has 0 bridgehead atoms. The van der Waals surface area contributed by atoms with Gasteiger partial charge >= 0.3 is 0 Å². The van der Waals surface area contributed by atoms with Crippen molar-refractivity contribution in [2.75, 3.05) is 7.05 Å². The van der Waals surface area contributed by atoms with Gasteiger partial charge in [-0.1, -0.05) is 35.9 Å². The van der Waals surface area contributed by atoms with Crippen molar-refractivity contribution in [3.05, 3.63) is 74.8 Å².